The van der Waals surface area contributed by atoms with Crippen LogP contribution in [0.1, 0.15) is 30.4 Å². The maximum atomic E-state index is 5.93. The Hall–Kier alpha value is -1.40. The number of pyridine rings is 1. The van der Waals surface area contributed by atoms with Crippen LogP contribution in [0.5, 0.6) is 5.75 Å². The van der Waals surface area contributed by atoms with Gasteiger partial charge in [0, 0.05) is 25.2 Å². The second kappa shape index (κ2) is 7.04. The maximum Gasteiger partial charge on any atom is 0.138 e. The SMILES string of the molecule is CCC(N)Cc1ccc(OCc2c(Br)c(C)nn2C)cn1. The average Bonchev–Trinajstić information content (AvgIpc) is 2.71. The second-order valence-corrected chi connectivity index (χ2v) is 5.91. The Morgan fingerprint density at radius 1 is 1.43 bits per heavy atom. The standard InChI is InChI=1S/C15H21BrN4O/c1-4-11(17)7-12-5-6-13(8-18-12)21-9-14-15(16)10(2)19-20(14)3/h5-6,8,11H,4,7,9,17H2,1-3H3. The molecule has 0 amide bonds. The molecule has 2 heterocycles. The van der Waals surface area contributed by atoms with Crippen LogP contribution in [0.15, 0.2) is 22.8 Å². The highest BCUT2D eigenvalue weighted by Gasteiger charge is 2.11. The van der Waals surface area contributed by atoms with Crippen molar-refractivity contribution >= 4 is 15.9 Å². The zero-order valence-electron chi connectivity index (χ0n) is 12.6. The second-order valence-electron chi connectivity index (χ2n) is 5.12. The highest BCUT2D eigenvalue weighted by Crippen LogP contribution is 2.22. The van der Waals surface area contributed by atoms with E-state index >= 15 is 0 Å². The van der Waals surface area contributed by atoms with Gasteiger partial charge in [-0.2, -0.15) is 5.10 Å². The highest BCUT2D eigenvalue weighted by atomic mass is 79.9. The van der Waals surface area contributed by atoms with Crippen LogP contribution in [0.3, 0.4) is 0 Å². The molecule has 2 rings (SSSR count). The minimum atomic E-state index is 0.164. The number of hydrogen-bond donors (Lipinski definition) is 1. The molecule has 2 N–H and O–H groups in total. The van der Waals surface area contributed by atoms with E-state index in [-0.39, 0.29) is 6.04 Å². The van der Waals surface area contributed by atoms with Crippen LogP contribution in [0.25, 0.3) is 0 Å². The lowest BCUT2D eigenvalue weighted by molar-refractivity contribution is 0.292. The topological polar surface area (TPSA) is 66.0 Å². The number of ether oxygens (including phenoxy) is 1. The van der Waals surface area contributed by atoms with Gasteiger partial charge in [-0.05, 0) is 41.4 Å². The Kier molecular flexibility index (Phi) is 5.36. The summed E-state index contributed by atoms with van der Waals surface area (Å²) in [5.74, 6) is 0.745. The Balaban J connectivity index is 1.97. The summed E-state index contributed by atoms with van der Waals surface area (Å²) >= 11 is 3.53. The van der Waals surface area contributed by atoms with Crippen LogP contribution in [0.2, 0.25) is 0 Å². The number of halogens is 1. The fourth-order valence-electron chi connectivity index (χ4n) is 2.02. The number of aryl methyl sites for hydroxylation is 2. The number of nitrogens with two attached hydrogens (primary N) is 1. The van der Waals surface area contributed by atoms with Crippen LogP contribution < -0.4 is 10.5 Å². The van der Waals surface area contributed by atoms with Crippen molar-refractivity contribution in [1.29, 1.82) is 0 Å². The minimum absolute atomic E-state index is 0.164. The molecular formula is C15H21BrN4O. The van der Waals surface area contributed by atoms with Crippen LogP contribution in [-0.2, 0) is 20.1 Å². The summed E-state index contributed by atoms with van der Waals surface area (Å²) < 4.78 is 8.58. The zero-order chi connectivity index (χ0) is 15.4. The Morgan fingerprint density at radius 3 is 2.71 bits per heavy atom. The van der Waals surface area contributed by atoms with Crippen LogP contribution in [0.4, 0.5) is 0 Å². The third kappa shape index (κ3) is 4.04. The van der Waals surface area contributed by atoms with Crippen molar-refractivity contribution in [2.75, 3.05) is 0 Å². The molecule has 5 nitrogen and oxygen atoms in total. The van der Waals surface area contributed by atoms with Crippen LogP contribution in [0, 0.1) is 6.92 Å². The van der Waals surface area contributed by atoms with E-state index in [0.717, 1.165) is 40.1 Å². The number of hydrogen-bond acceptors (Lipinski definition) is 4. The van der Waals surface area contributed by atoms with Gasteiger partial charge in [0.05, 0.1) is 22.1 Å². The summed E-state index contributed by atoms with van der Waals surface area (Å²) in [4.78, 5) is 4.39. The molecular weight excluding hydrogens is 332 g/mol. The van der Waals surface area contributed by atoms with Gasteiger partial charge in [0.15, 0.2) is 0 Å². The smallest absolute Gasteiger partial charge is 0.138 e. The molecule has 0 bridgehead atoms. The van der Waals surface area contributed by atoms with Crippen molar-refractivity contribution in [3.63, 3.8) is 0 Å². The maximum absolute atomic E-state index is 5.93. The molecule has 0 radical (unpaired) electrons. The molecule has 6 heteroatoms. The molecule has 2 aromatic heterocycles. The first kappa shape index (κ1) is 16.0. The largest absolute Gasteiger partial charge is 0.486 e. The monoisotopic (exact) mass is 352 g/mol. The lowest BCUT2D eigenvalue weighted by Crippen LogP contribution is -2.21. The number of aromatic nitrogens is 3. The van der Waals surface area contributed by atoms with Crippen molar-refractivity contribution < 1.29 is 4.74 Å². The molecule has 1 unspecified atom stereocenters. The lowest BCUT2D eigenvalue weighted by atomic mass is 10.1. The first-order valence-electron chi connectivity index (χ1n) is 7.02. The molecule has 0 saturated heterocycles. The molecule has 0 spiro atoms. The molecule has 0 aliphatic carbocycles. The van der Waals surface area contributed by atoms with Gasteiger partial charge in [0.1, 0.15) is 12.4 Å². The van der Waals surface area contributed by atoms with E-state index in [9.17, 15) is 0 Å². The molecule has 0 aliphatic heterocycles. The summed E-state index contributed by atoms with van der Waals surface area (Å²) in [6.07, 6.45) is 3.49. The first-order valence-corrected chi connectivity index (χ1v) is 7.81. The third-order valence-corrected chi connectivity index (χ3v) is 4.46. The van der Waals surface area contributed by atoms with Gasteiger partial charge in [0.25, 0.3) is 0 Å². The molecule has 21 heavy (non-hydrogen) atoms. The minimum Gasteiger partial charge on any atom is -0.486 e. The average molecular weight is 353 g/mol. The van der Waals surface area contributed by atoms with Crippen molar-refractivity contribution in [1.82, 2.24) is 14.8 Å². The van der Waals surface area contributed by atoms with E-state index in [1.54, 1.807) is 6.20 Å². The Morgan fingerprint density at radius 2 is 2.19 bits per heavy atom. The van der Waals surface area contributed by atoms with E-state index in [4.69, 9.17) is 10.5 Å². The van der Waals surface area contributed by atoms with Crippen molar-refractivity contribution in [2.24, 2.45) is 12.8 Å². The number of nitrogens with zero attached hydrogens (tertiary/aromatic N) is 3. The van der Waals surface area contributed by atoms with Gasteiger partial charge in [-0.1, -0.05) is 6.92 Å². The van der Waals surface area contributed by atoms with E-state index in [1.807, 2.05) is 30.8 Å². The van der Waals surface area contributed by atoms with Crippen LogP contribution >= 0.6 is 15.9 Å². The molecule has 0 saturated carbocycles. The third-order valence-electron chi connectivity index (χ3n) is 3.43. The molecule has 0 aromatic carbocycles. The predicted octanol–water partition coefficient (Wildman–Crippen LogP) is 2.74. The van der Waals surface area contributed by atoms with E-state index in [2.05, 4.69) is 32.9 Å². The molecule has 0 fully saturated rings. The summed E-state index contributed by atoms with van der Waals surface area (Å²) in [7, 11) is 1.91. The van der Waals surface area contributed by atoms with Crippen molar-refractivity contribution in [2.45, 2.75) is 39.3 Å². The van der Waals surface area contributed by atoms with Crippen LogP contribution in [-0.4, -0.2) is 20.8 Å². The zero-order valence-corrected chi connectivity index (χ0v) is 14.2. The van der Waals surface area contributed by atoms with E-state index < -0.39 is 0 Å². The summed E-state index contributed by atoms with van der Waals surface area (Å²) in [6, 6.07) is 4.06. The van der Waals surface area contributed by atoms with Gasteiger partial charge in [-0.3, -0.25) is 9.67 Å². The first-order chi connectivity index (χ1) is 10.0. The van der Waals surface area contributed by atoms with Gasteiger partial charge in [-0.25, -0.2) is 0 Å². The molecule has 0 aliphatic rings. The van der Waals surface area contributed by atoms with E-state index in [1.165, 1.54) is 0 Å². The van der Waals surface area contributed by atoms with Gasteiger partial charge >= 0.3 is 0 Å². The molecule has 114 valence electrons. The Labute approximate surface area is 133 Å². The van der Waals surface area contributed by atoms with Gasteiger partial charge in [-0.15, -0.1) is 0 Å². The van der Waals surface area contributed by atoms with Crippen molar-refractivity contribution in [3.8, 4) is 5.75 Å². The fraction of sp³-hybridized carbons (Fsp3) is 0.467. The highest BCUT2D eigenvalue weighted by molar-refractivity contribution is 9.10. The summed E-state index contributed by atoms with van der Waals surface area (Å²) in [5, 5.41) is 4.34. The van der Waals surface area contributed by atoms with E-state index in [0.29, 0.717) is 6.61 Å². The predicted molar refractivity (Wildman–Crippen MR) is 86.2 cm³/mol. The molecule has 2 aromatic rings. The summed E-state index contributed by atoms with van der Waals surface area (Å²) in [5.41, 5.74) is 8.88. The number of rotatable bonds is 6. The fourth-order valence-corrected chi connectivity index (χ4v) is 2.47. The van der Waals surface area contributed by atoms with Gasteiger partial charge in [0.2, 0.25) is 0 Å². The normalized spacial score (nSPS) is 12.4. The summed E-state index contributed by atoms with van der Waals surface area (Å²) in [6.45, 7) is 4.49. The van der Waals surface area contributed by atoms with Gasteiger partial charge < -0.3 is 10.5 Å². The quantitative estimate of drug-likeness (QED) is 0.867. The van der Waals surface area contributed by atoms with Crippen molar-refractivity contribution in [3.05, 3.63) is 39.9 Å². The lowest BCUT2D eigenvalue weighted by Gasteiger charge is -2.10. The Bertz CT molecular complexity index is 594. The molecule has 1 atom stereocenters.